The largest absolute Gasteiger partial charge is 0.362 e. The van der Waals surface area contributed by atoms with Crippen molar-refractivity contribution in [1.82, 2.24) is 5.32 Å². The van der Waals surface area contributed by atoms with E-state index in [9.17, 15) is 0 Å². The molecule has 4 heteroatoms. The van der Waals surface area contributed by atoms with E-state index < -0.39 is 0 Å². The lowest BCUT2D eigenvalue weighted by Gasteiger charge is -2.18. The third-order valence-electron chi connectivity index (χ3n) is 1.74. The Morgan fingerprint density at radius 2 is 2.00 bits per heavy atom. The van der Waals surface area contributed by atoms with E-state index in [1.165, 1.54) is 0 Å². The lowest BCUT2D eigenvalue weighted by atomic mass is 10.3. The fourth-order valence-electron chi connectivity index (χ4n) is 1.05. The SMILES string of the molecule is CNCN(C)c1ccc(Cl)c(Cl)c1. The zero-order valence-electron chi connectivity index (χ0n) is 7.64. The molecule has 1 aromatic rings. The monoisotopic (exact) mass is 218 g/mol. The molecule has 72 valence electrons. The average Bonchev–Trinajstić information content (AvgIpc) is 2.10. The number of hydrogen-bond acceptors (Lipinski definition) is 2. The van der Waals surface area contributed by atoms with Crippen molar-refractivity contribution in [1.29, 1.82) is 0 Å². The van der Waals surface area contributed by atoms with Gasteiger partial charge in [0.05, 0.1) is 16.7 Å². The predicted molar refractivity (Wildman–Crippen MR) is 58.8 cm³/mol. The summed E-state index contributed by atoms with van der Waals surface area (Å²) in [6.07, 6.45) is 0. The average molecular weight is 219 g/mol. The molecule has 2 nitrogen and oxygen atoms in total. The van der Waals surface area contributed by atoms with Crippen molar-refractivity contribution in [2.75, 3.05) is 25.7 Å². The molecule has 13 heavy (non-hydrogen) atoms. The molecule has 0 unspecified atom stereocenters. The van der Waals surface area contributed by atoms with Crippen LogP contribution in [0.4, 0.5) is 5.69 Å². The van der Waals surface area contributed by atoms with Crippen molar-refractivity contribution in [2.24, 2.45) is 0 Å². The molecule has 0 fully saturated rings. The standard InChI is InChI=1S/C9H12Cl2N2/c1-12-6-13(2)7-3-4-8(10)9(11)5-7/h3-5,12H,6H2,1-2H3. The van der Waals surface area contributed by atoms with Gasteiger partial charge in [0.1, 0.15) is 0 Å². The van der Waals surface area contributed by atoms with Gasteiger partial charge in [-0.15, -0.1) is 0 Å². The molecule has 0 radical (unpaired) electrons. The van der Waals surface area contributed by atoms with E-state index in [1.54, 1.807) is 6.07 Å². The number of anilines is 1. The summed E-state index contributed by atoms with van der Waals surface area (Å²) in [5, 5.41) is 4.22. The summed E-state index contributed by atoms with van der Waals surface area (Å²) in [7, 11) is 3.88. The molecule has 0 saturated heterocycles. The number of halogens is 2. The van der Waals surface area contributed by atoms with Crippen LogP contribution in [-0.4, -0.2) is 20.8 Å². The summed E-state index contributed by atoms with van der Waals surface area (Å²) in [6.45, 7) is 0.776. The molecule has 1 aromatic carbocycles. The van der Waals surface area contributed by atoms with E-state index in [0.29, 0.717) is 10.0 Å². The first-order valence-electron chi connectivity index (χ1n) is 3.96. The van der Waals surface area contributed by atoms with E-state index in [0.717, 1.165) is 12.4 Å². The molecule has 0 atom stereocenters. The van der Waals surface area contributed by atoms with Crippen molar-refractivity contribution in [2.45, 2.75) is 0 Å². The predicted octanol–water partition coefficient (Wildman–Crippen LogP) is 2.61. The van der Waals surface area contributed by atoms with Gasteiger partial charge in [-0.1, -0.05) is 23.2 Å². The lowest BCUT2D eigenvalue weighted by Crippen LogP contribution is -2.28. The molecule has 0 bridgehead atoms. The van der Waals surface area contributed by atoms with E-state index in [-0.39, 0.29) is 0 Å². The minimum Gasteiger partial charge on any atom is -0.362 e. The Morgan fingerprint density at radius 1 is 1.31 bits per heavy atom. The highest BCUT2D eigenvalue weighted by Gasteiger charge is 2.02. The van der Waals surface area contributed by atoms with Crippen LogP contribution < -0.4 is 10.2 Å². The molecule has 0 amide bonds. The van der Waals surface area contributed by atoms with Gasteiger partial charge in [-0.3, -0.25) is 0 Å². The Labute approximate surface area is 88.4 Å². The minimum atomic E-state index is 0.585. The molecule has 0 heterocycles. The third-order valence-corrected chi connectivity index (χ3v) is 2.48. The summed E-state index contributed by atoms with van der Waals surface area (Å²) in [4.78, 5) is 2.04. The topological polar surface area (TPSA) is 15.3 Å². The van der Waals surface area contributed by atoms with Gasteiger partial charge in [-0.05, 0) is 25.2 Å². The van der Waals surface area contributed by atoms with Gasteiger partial charge in [0, 0.05) is 12.7 Å². The van der Waals surface area contributed by atoms with Gasteiger partial charge in [-0.25, -0.2) is 0 Å². The van der Waals surface area contributed by atoms with Crippen molar-refractivity contribution in [3.63, 3.8) is 0 Å². The van der Waals surface area contributed by atoms with Gasteiger partial charge in [0.2, 0.25) is 0 Å². The van der Waals surface area contributed by atoms with Crippen LogP contribution in [0.3, 0.4) is 0 Å². The van der Waals surface area contributed by atoms with Crippen LogP contribution in [0.25, 0.3) is 0 Å². The Morgan fingerprint density at radius 3 is 2.54 bits per heavy atom. The quantitative estimate of drug-likeness (QED) is 0.786. The number of rotatable bonds is 3. The molecule has 0 saturated carbocycles. The molecule has 0 aromatic heterocycles. The second-order valence-corrected chi connectivity index (χ2v) is 3.62. The zero-order chi connectivity index (χ0) is 9.84. The van der Waals surface area contributed by atoms with Gasteiger partial charge in [0.15, 0.2) is 0 Å². The first-order valence-corrected chi connectivity index (χ1v) is 4.71. The maximum absolute atomic E-state index is 5.88. The normalized spacial score (nSPS) is 10.2. The molecule has 1 rings (SSSR count). The van der Waals surface area contributed by atoms with Crippen LogP contribution in [0.2, 0.25) is 10.0 Å². The zero-order valence-corrected chi connectivity index (χ0v) is 9.15. The van der Waals surface area contributed by atoms with E-state index in [2.05, 4.69) is 5.32 Å². The molecule has 0 aliphatic rings. The molecule has 0 aliphatic heterocycles. The van der Waals surface area contributed by atoms with Crippen LogP contribution in [-0.2, 0) is 0 Å². The minimum absolute atomic E-state index is 0.585. The first-order chi connectivity index (χ1) is 6.15. The van der Waals surface area contributed by atoms with Gasteiger partial charge in [0.25, 0.3) is 0 Å². The van der Waals surface area contributed by atoms with E-state index >= 15 is 0 Å². The molecular weight excluding hydrogens is 207 g/mol. The van der Waals surface area contributed by atoms with Gasteiger partial charge < -0.3 is 10.2 Å². The number of nitrogens with zero attached hydrogens (tertiary/aromatic N) is 1. The van der Waals surface area contributed by atoms with Gasteiger partial charge >= 0.3 is 0 Å². The number of hydrogen-bond donors (Lipinski definition) is 1. The third kappa shape index (κ3) is 2.76. The van der Waals surface area contributed by atoms with Crippen LogP contribution in [0.5, 0.6) is 0 Å². The van der Waals surface area contributed by atoms with Crippen molar-refractivity contribution in [3.05, 3.63) is 28.2 Å². The summed E-state index contributed by atoms with van der Waals surface area (Å²) < 4.78 is 0. The Kier molecular flexibility index (Phi) is 3.85. The van der Waals surface area contributed by atoms with Crippen LogP contribution >= 0.6 is 23.2 Å². The summed E-state index contributed by atoms with van der Waals surface area (Å²) >= 11 is 11.7. The molecular formula is C9H12Cl2N2. The molecule has 1 N–H and O–H groups in total. The maximum atomic E-state index is 5.88. The highest BCUT2D eigenvalue weighted by atomic mass is 35.5. The van der Waals surface area contributed by atoms with Crippen LogP contribution in [0, 0.1) is 0 Å². The maximum Gasteiger partial charge on any atom is 0.0676 e. The summed E-state index contributed by atoms with van der Waals surface area (Å²) in [6, 6.07) is 5.58. The highest BCUT2D eigenvalue weighted by Crippen LogP contribution is 2.26. The van der Waals surface area contributed by atoms with Crippen molar-refractivity contribution >= 4 is 28.9 Å². The van der Waals surface area contributed by atoms with E-state index in [4.69, 9.17) is 23.2 Å². The van der Waals surface area contributed by atoms with E-state index in [1.807, 2.05) is 31.1 Å². The second-order valence-electron chi connectivity index (χ2n) is 2.81. The van der Waals surface area contributed by atoms with Gasteiger partial charge in [-0.2, -0.15) is 0 Å². The summed E-state index contributed by atoms with van der Waals surface area (Å²) in [5.41, 5.74) is 1.05. The van der Waals surface area contributed by atoms with Crippen molar-refractivity contribution in [3.8, 4) is 0 Å². The smallest absolute Gasteiger partial charge is 0.0676 e. The molecule has 0 aliphatic carbocycles. The summed E-state index contributed by atoms with van der Waals surface area (Å²) in [5.74, 6) is 0. The number of benzene rings is 1. The number of nitrogens with one attached hydrogen (secondary N) is 1. The van der Waals surface area contributed by atoms with Crippen LogP contribution in [0.1, 0.15) is 0 Å². The Bertz CT molecular complexity index is 289. The first kappa shape index (κ1) is 10.6. The highest BCUT2D eigenvalue weighted by molar-refractivity contribution is 6.42. The second kappa shape index (κ2) is 4.70. The van der Waals surface area contributed by atoms with Crippen molar-refractivity contribution < 1.29 is 0 Å². The van der Waals surface area contributed by atoms with Crippen LogP contribution in [0.15, 0.2) is 18.2 Å². The fraction of sp³-hybridized carbons (Fsp3) is 0.333. The Hall–Kier alpha value is -0.440. The molecule has 0 spiro atoms. The lowest BCUT2D eigenvalue weighted by molar-refractivity contribution is 0.776. The Balaban J connectivity index is 2.84. The fourth-order valence-corrected chi connectivity index (χ4v) is 1.34.